The lowest BCUT2D eigenvalue weighted by molar-refractivity contribution is 0.0879. The largest absolute Gasteiger partial charge is 0.307 e. The fraction of sp³-hybridized carbons (Fsp3) is 0.286. The van der Waals surface area contributed by atoms with Crippen LogP contribution in [0.3, 0.4) is 0 Å². The van der Waals surface area contributed by atoms with E-state index >= 15 is 0 Å². The monoisotopic (exact) mass is 364 g/mol. The second-order valence-corrected chi connectivity index (χ2v) is 7.56. The number of hydrogen-bond donors (Lipinski definition) is 1. The molecule has 0 bridgehead atoms. The highest BCUT2D eigenvalue weighted by Crippen LogP contribution is 2.51. The number of imide groups is 1. The predicted molar refractivity (Wildman–Crippen MR) is 96.5 cm³/mol. The zero-order chi connectivity index (χ0) is 18.8. The Hall–Kier alpha value is -3.02. The number of halogens is 1. The first-order valence-electron chi connectivity index (χ1n) is 9.11. The molecule has 2 aromatic rings. The van der Waals surface area contributed by atoms with Crippen molar-refractivity contribution in [3.8, 4) is 0 Å². The number of carbonyl (C=O) groups is 3. The lowest BCUT2D eigenvalue weighted by Crippen LogP contribution is -2.35. The van der Waals surface area contributed by atoms with Gasteiger partial charge in [0.05, 0.1) is 16.8 Å². The highest BCUT2D eigenvalue weighted by molar-refractivity contribution is 6.22. The lowest BCUT2D eigenvalue weighted by Gasteiger charge is -2.25. The molecule has 3 aliphatic rings. The topological polar surface area (TPSA) is 66.5 Å². The molecule has 1 saturated carbocycles. The molecule has 0 radical (unpaired) electrons. The van der Waals surface area contributed by atoms with Crippen LogP contribution in [0.25, 0.3) is 0 Å². The van der Waals surface area contributed by atoms with Crippen molar-refractivity contribution in [2.75, 3.05) is 11.4 Å². The Bertz CT molecular complexity index is 1020. The zero-order valence-corrected chi connectivity index (χ0v) is 14.5. The quantitative estimate of drug-likeness (QED) is 0.791. The molecule has 1 spiro atoms. The van der Waals surface area contributed by atoms with Gasteiger partial charge in [-0.1, -0.05) is 18.9 Å². The summed E-state index contributed by atoms with van der Waals surface area (Å²) in [5.41, 5.74) is 1.74. The van der Waals surface area contributed by atoms with Crippen molar-refractivity contribution in [2.24, 2.45) is 0 Å². The minimum Gasteiger partial charge on any atom is -0.307 e. The van der Waals surface area contributed by atoms with Crippen molar-refractivity contribution in [2.45, 2.75) is 31.1 Å². The van der Waals surface area contributed by atoms with Crippen LogP contribution in [0.15, 0.2) is 36.4 Å². The SMILES string of the molecule is O=C1NC(=O)c2cc(C(=O)N3CC4(CCCC4)c4c(F)cccc43)ccc21. The fourth-order valence-electron chi connectivity index (χ4n) is 4.83. The summed E-state index contributed by atoms with van der Waals surface area (Å²) < 4.78 is 14.7. The Morgan fingerprint density at radius 3 is 2.56 bits per heavy atom. The van der Waals surface area contributed by atoms with E-state index in [0.29, 0.717) is 23.4 Å². The van der Waals surface area contributed by atoms with Crippen molar-refractivity contribution >= 4 is 23.4 Å². The maximum atomic E-state index is 14.7. The summed E-state index contributed by atoms with van der Waals surface area (Å²) in [7, 11) is 0. The number of fused-ring (bicyclic) bond motifs is 3. The first-order chi connectivity index (χ1) is 13.0. The van der Waals surface area contributed by atoms with Crippen molar-refractivity contribution in [1.29, 1.82) is 0 Å². The average Bonchev–Trinajstić information content (AvgIpc) is 3.34. The van der Waals surface area contributed by atoms with Crippen LogP contribution in [0, 0.1) is 5.82 Å². The van der Waals surface area contributed by atoms with Crippen molar-refractivity contribution in [3.05, 3.63) is 64.5 Å². The van der Waals surface area contributed by atoms with E-state index in [4.69, 9.17) is 0 Å². The molecule has 0 aromatic heterocycles. The van der Waals surface area contributed by atoms with Crippen molar-refractivity contribution in [3.63, 3.8) is 0 Å². The van der Waals surface area contributed by atoms with Crippen LogP contribution in [0.4, 0.5) is 10.1 Å². The summed E-state index contributed by atoms with van der Waals surface area (Å²) in [5, 5.41) is 2.23. The van der Waals surface area contributed by atoms with Gasteiger partial charge in [0, 0.05) is 23.1 Å². The molecule has 136 valence electrons. The van der Waals surface area contributed by atoms with Crippen LogP contribution >= 0.6 is 0 Å². The maximum absolute atomic E-state index is 14.7. The Balaban J connectivity index is 1.58. The van der Waals surface area contributed by atoms with Gasteiger partial charge in [-0.25, -0.2) is 4.39 Å². The van der Waals surface area contributed by atoms with Gasteiger partial charge in [-0.15, -0.1) is 0 Å². The molecule has 27 heavy (non-hydrogen) atoms. The van der Waals surface area contributed by atoms with E-state index in [1.165, 1.54) is 18.2 Å². The third-order valence-corrected chi connectivity index (χ3v) is 6.06. The molecule has 5 rings (SSSR count). The van der Waals surface area contributed by atoms with Crippen LogP contribution in [0.2, 0.25) is 0 Å². The average molecular weight is 364 g/mol. The molecule has 6 heteroatoms. The molecule has 0 saturated heterocycles. The van der Waals surface area contributed by atoms with Crippen LogP contribution < -0.4 is 10.2 Å². The molecule has 2 aromatic carbocycles. The van der Waals surface area contributed by atoms with E-state index in [2.05, 4.69) is 5.32 Å². The molecule has 1 fully saturated rings. The molecule has 0 atom stereocenters. The number of nitrogens with one attached hydrogen (secondary N) is 1. The van der Waals surface area contributed by atoms with Gasteiger partial charge < -0.3 is 4.90 Å². The van der Waals surface area contributed by atoms with Crippen molar-refractivity contribution < 1.29 is 18.8 Å². The van der Waals surface area contributed by atoms with Crippen LogP contribution in [-0.4, -0.2) is 24.3 Å². The maximum Gasteiger partial charge on any atom is 0.258 e. The lowest BCUT2D eigenvalue weighted by atomic mass is 9.80. The summed E-state index contributed by atoms with van der Waals surface area (Å²) in [6.07, 6.45) is 3.78. The summed E-state index contributed by atoms with van der Waals surface area (Å²) in [6.45, 7) is 0.449. The number of rotatable bonds is 1. The molecule has 1 aliphatic carbocycles. The summed E-state index contributed by atoms with van der Waals surface area (Å²) >= 11 is 0. The molecular formula is C21H17FN2O3. The van der Waals surface area contributed by atoms with Gasteiger partial charge in [-0.2, -0.15) is 0 Å². The van der Waals surface area contributed by atoms with Crippen molar-refractivity contribution in [1.82, 2.24) is 5.32 Å². The van der Waals surface area contributed by atoms with Gasteiger partial charge >= 0.3 is 0 Å². The Labute approximate surface area is 155 Å². The molecule has 1 N–H and O–H groups in total. The van der Waals surface area contributed by atoms with E-state index in [-0.39, 0.29) is 28.3 Å². The third-order valence-electron chi connectivity index (χ3n) is 6.06. The van der Waals surface area contributed by atoms with Gasteiger partial charge in [-0.3, -0.25) is 19.7 Å². The zero-order valence-electron chi connectivity index (χ0n) is 14.5. The minimum atomic E-state index is -0.496. The first kappa shape index (κ1) is 16.2. The summed E-state index contributed by atoms with van der Waals surface area (Å²) in [4.78, 5) is 38.5. The van der Waals surface area contributed by atoms with Gasteiger partial charge in [-0.05, 0) is 43.2 Å². The predicted octanol–water partition coefficient (Wildman–Crippen LogP) is 3.18. The summed E-state index contributed by atoms with van der Waals surface area (Å²) in [5.74, 6) is -1.48. The Morgan fingerprint density at radius 2 is 1.78 bits per heavy atom. The number of hydrogen-bond acceptors (Lipinski definition) is 3. The minimum absolute atomic E-state index is 0.208. The second-order valence-electron chi connectivity index (χ2n) is 7.56. The highest BCUT2D eigenvalue weighted by Gasteiger charge is 2.48. The standard InChI is InChI=1S/C21H17FN2O3/c22-15-4-3-5-16-17(15)21(8-1-2-9-21)11-24(16)20(27)12-6-7-13-14(10-12)19(26)23-18(13)25/h3-7,10H,1-2,8-9,11H2,(H,23,25,26). The number of nitrogens with zero attached hydrogens (tertiary/aromatic N) is 1. The van der Waals surface area contributed by atoms with Gasteiger partial charge in [0.15, 0.2) is 0 Å². The van der Waals surface area contributed by atoms with Crippen LogP contribution in [-0.2, 0) is 5.41 Å². The third kappa shape index (κ3) is 2.19. The number of carbonyl (C=O) groups excluding carboxylic acids is 3. The summed E-state index contributed by atoms with van der Waals surface area (Å²) in [6, 6.07) is 9.37. The Kier molecular flexibility index (Phi) is 3.29. The van der Waals surface area contributed by atoms with Crippen LogP contribution in [0.1, 0.15) is 62.3 Å². The van der Waals surface area contributed by atoms with Crippen LogP contribution in [0.5, 0.6) is 0 Å². The molecule has 5 nitrogen and oxygen atoms in total. The van der Waals surface area contributed by atoms with Gasteiger partial charge in [0.1, 0.15) is 5.82 Å². The van der Waals surface area contributed by atoms with E-state index in [0.717, 1.165) is 25.7 Å². The molecule has 3 amide bonds. The smallest absolute Gasteiger partial charge is 0.258 e. The molecular weight excluding hydrogens is 347 g/mol. The van der Waals surface area contributed by atoms with E-state index in [1.54, 1.807) is 23.1 Å². The first-order valence-corrected chi connectivity index (χ1v) is 9.11. The van der Waals surface area contributed by atoms with Gasteiger partial charge in [0.2, 0.25) is 0 Å². The van der Waals surface area contributed by atoms with E-state index < -0.39 is 11.8 Å². The van der Waals surface area contributed by atoms with E-state index in [1.807, 2.05) is 0 Å². The number of anilines is 1. The van der Waals surface area contributed by atoms with Gasteiger partial charge in [0.25, 0.3) is 17.7 Å². The highest BCUT2D eigenvalue weighted by atomic mass is 19.1. The molecule has 2 aliphatic heterocycles. The fourth-order valence-corrected chi connectivity index (χ4v) is 4.83. The molecule has 2 heterocycles. The Morgan fingerprint density at radius 1 is 1.04 bits per heavy atom. The molecule has 0 unspecified atom stereocenters. The second kappa shape index (κ2) is 5.49. The number of benzene rings is 2. The normalized spacial score (nSPS) is 19.4. The van der Waals surface area contributed by atoms with E-state index in [9.17, 15) is 18.8 Å². The number of amides is 3.